The predicted molar refractivity (Wildman–Crippen MR) is 93.7 cm³/mol. The maximum atomic E-state index is 6.01. The molecule has 0 fully saturated rings. The molecule has 0 N–H and O–H groups in total. The maximum Gasteiger partial charge on any atom is 0.127 e. The van der Waals surface area contributed by atoms with Crippen LogP contribution in [-0.2, 0) is 19.4 Å². The van der Waals surface area contributed by atoms with Gasteiger partial charge in [0.2, 0.25) is 0 Å². The number of hydrogen-bond acceptors (Lipinski definition) is 5. The molecule has 1 atom stereocenters. The lowest BCUT2D eigenvalue weighted by atomic mass is 10.1. The number of fused-ring (bicyclic) bond motifs is 1. The molecular weight excluding hydrogens is 308 g/mol. The van der Waals surface area contributed by atoms with Crippen molar-refractivity contribution >= 4 is 11.3 Å². The second kappa shape index (κ2) is 6.89. The van der Waals surface area contributed by atoms with E-state index in [2.05, 4.69) is 42.9 Å². The van der Waals surface area contributed by atoms with Crippen LogP contribution in [0.1, 0.15) is 27.9 Å². The van der Waals surface area contributed by atoms with Crippen LogP contribution >= 0.6 is 11.3 Å². The Labute approximate surface area is 142 Å². The predicted octanol–water partition coefficient (Wildman–Crippen LogP) is 3.46. The molecule has 1 unspecified atom stereocenters. The summed E-state index contributed by atoms with van der Waals surface area (Å²) >= 11 is 1.78. The largest absolute Gasteiger partial charge is 0.497 e. The summed E-state index contributed by atoms with van der Waals surface area (Å²) in [5.41, 5.74) is 2.47. The lowest BCUT2D eigenvalue weighted by molar-refractivity contribution is 0.246. The number of aromatic nitrogens is 1. The molecule has 1 aromatic heterocycles. The number of benzene rings is 1. The van der Waals surface area contributed by atoms with Gasteiger partial charge in [-0.1, -0.05) is 0 Å². The van der Waals surface area contributed by atoms with Crippen LogP contribution in [0.4, 0.5) is 0 Å². The third-order valence-electron chi connectivity index (χ3n) is 4.10. The van der Waals surface area contributed by atoms with Crippen LogP contribution in [0.25, 0.3) is 0 Å². The summed E-state index contributed by atoms with van der Waals surface area (Å²) in [6, 6.07) is 4.20. The number of hydrogen-bond donors (Lipinski definition) is 0. The van der Waals surface area contributed by atoms with Crippen molar-refractivity contribution in [3.63, 3.8) is 0 Å². The van der Waals surface area contributed by atoms with Crippen LogP contribution < -0.4 is 9.47 Å². The van der Waals surface area contributed by atoms with Gasteiger partial charge in [-0.2, -0.15) is 0 Å². The number of ether oxygens (including phenoxy) is 2. The zero-order valence-corrected chi connectivity index (χ0v) is 15.1. The summed E-state index contributed by atoms with van der Waals surface area (Å²) in [5, 5.41) is 1.20. The van der Waals surface area contributed by atoms with Crippen molar-refractivity contribution in [1.29, 1.82) is 0 Å². The van der Waals surface area contributed by atoms with Gasteiger partial charge in [0.15, 0.2) is 0 Å². The molecule has 0 amide bonds. The lowest BCUT2D eigenvalue weighted by Gasteiger charge is -2.19. The first-order valence-electron chi connectivity index (χ1n) is 8.01. The second-order valence-electron chi connectivity index (χ2n) is 6.26. The molecule has 23 heavy (non-hydrogen) atoms. The van der Waals surface area contributed by atoms with Crippen molar-refractivity contribution in [1.82, 2.24) is 9.88 Å². The molecule has 0 saturated carbocycles. The van der Waals surface area contributed by atoms with E-state index in [1.54, 1.807) is 18.4 Å². The highest BCUT2D eigenvalue weighted by atomic mass is 32.1. The van der Waals surface area contributed by atoms with Crippen LogP contribution in [0.3, 0.4) is 0 Å². The molecule has 2 heterocycles. The fourth-order valence-electron chi connectivity index (χ4n) is 2.99. The summed E-state index contributed by atoms with van der Waals surface area (Å²) < 4.78 is 11.5. The molecule has 1 aliphatic rings. The molecule has 2 aromatic rings. The Morgan fingerprint density at radius 3 is 2.96 bits per heavy atom. The van der Waals surface area contributed by atoms with E-state index in [1.165, 1.54) is 21.0 Å². The number of thiazole rings is 1. The molecule has 1 aliphatic heterocycles. The molecule has 0 spiro atoms. The fourth-order valence-corrected chi connectivity index (χ4v) is 3.76. The highest BCUT2D eigenvalue weighted by Crippen LogP contribution is 2.36. The molecule has 1 aromatic carbocycles. The minimum atomic E-state index is 0.249. The van der Waals surface area contributed by atoms with Gasteiger partial charge in [-0.3, -0.25) is 0 Å². The average Bonchev–Trinajstić information content (AvgIpc) is 3.10. The molecule has 0 saturated heterocycles. The van der Waals surface area contributed by atoms with Gasteiger partial charge < -0.3 is 14.4 Å². The van der Waals surface area contributed by atoms with Crippen LogP contribution in [-0.4, -0.2) is 36.7 Å². The van der Waals surface area contributed by atoms with Gasteiger partial charge in [-0.15, -0.1) is 11.3 Å². The quantitative estimate of drug-likeness (QED) is 0.811. The number of rotatable bonds is 6. The SMILES string of the molecule is COc1cc2c(c(CN(C)CCc3ncc(C)s3)c1)OC(C)C2. The van der Waals surface area contributed by atoms with E-state index in [0.29, 0.717) is 0 Å². The molecule has 4 nitrogen and oxygen atoms in total. The molecule has 5 heteroatoms. The van der Waals surface area contributed by atoms with Gasteiger partial charge in [0.1, 0.15) is 17.6 Å². The Morgan fingerprint density at radius 2 is 2.26 bits per heavy atom. The van der Waals surface area contributed by atoms with Crippen molar-refractivity contribution in [3.05, 3.63) is 39.3 Å². The van der Waals surface area contributed by atoms with Crippen LogP contribution in [0, 0.1) is 6.92 Å². The molecule has 0 bridgehead atoms. The van der Waals surface area contributed by atoms with Gasteiger partial charge in [0.25, 0.3) is 0 Å². The van der Waals surface area contributed by atoms with E-state index in [-0.39, 0.29) is 6.10 Å². The van der Waals surface area contributed by atoms with Gasteiger partial charge >= 0.3 is 0 Å². The summed E-state index contributed by atoms with van der Waals surface area (Å²) in [6.07, 6.45) is 4.14. The van der Waals surface area contributed by atoms with E-state index >= 15 is 0 Å². The standard InChI is InChI=1S/C18H24N2O2S/c1-12-7-14-8-16(21-4)9-15(18(14)22-12)11-20(3)6-5-17-19-10-13(2)23-17/h8-10,12H,5-7,11H2,1-4H3. The smallest absolute Gasteiger partial charge is 0.127 e. The topological polar surface area (TPSA) is 34.6 Å². The number of aryl methyl sites for hydroxylation is 1. The van der Waals surface area contributed by atoms with Crippen LogP contribution in [0.15, 0.2) is 18.3 Å². The second-order valence-corrected chi connectivity index (χ2v) is 7.58. The normalized spacial score (nSPS) is 16.5. The Morgan fingerprint density at radius 1 is 1.43 bits per heavy atom. The maximum absolute atomic E-state index is 6.01. The van der Waals surface area contributed by atoms with E-state index in [1.807, 2.05) is 6.20 Å². The first-order chi connectivity index (χ1) is 11.0. The lowest BCUT2D eigenvalue weighted by Crippen LogP contribution is -2.21. The van der Waals surface area contributed by atoms with Crippen molar-refractivity contribution in [3.8, 4) is 11.5 Å². The van der Waals surface area contributed by atoms with Gasteiger partial charge in [-0.25, -0.2) is 4.98 Å². The highest BCUT2D eigenvalue weighted by molar-refractivity contribution is 7.11. The first-order valence-corrected chi connectivity index (χ1v) is 8.83. The van der Waals surface area contributed by atoms with Gasteiger partial charge in [0.05, 0.1) is 12.1 Å². The van der Waals surface area contributed by atoms with Gasteiger partial charge in [-0.05, 0) is 33.0 Å². The monoisotopic (exact) mass is 332 g/mol. The zero-order valence-electron chi connectivity index (χ0n) is 14.3. The Hall–Kier alpha value is -1.59. The van der Waals surface area contributed by atoms with E-state index in [0.717, 1.165) is 37.4 Å². The van der Waals surface area contributed by atoms with Crippen molar-refractivity contribution in [2.24, 2.45) is 0 Å². The van der Waals surface area contributed by atoms with E-state index in [9.17, 15) is 0 Å². The third kappa shape index (κ3) is 3.85. The van der Waals surface area contributed by atoms with E-state index < -0.39 is 0 Å². The molecule has 0 aliphatic carbocycles. The molecular formula is C18H24N2O2S. The third-order valence-corrected chi connectivity index (χ3v) is 5.07. The Balaban J connectivity index is 1.68. The summed E-state index contributed by atoms with van der Waals surface area (Å²) in [7, 11) is 3.87. The Kier molecular flexibility index (Phi) is 4.87. The van der Waals surface area contributed by atoms with Gasteiger partial charge in [0, 0.05) is 48.1 Å². The van der Waals surface area contributed by atoms with Crippen molar-refractivity contribution < 1.29 is 9.47 Å². The van der Waals surface area contributed by atoms with Crippen molar-refractivity contribution in [2.45, 2.75) is 39.3 Å². The summed E-state index contributed by atoms with van der Waals surface area (Å²) in [6.45, 7) is 6.05. The highest BCUT2D eigenvalue weighted by Gasteiger charge is 2.23. The molecule has 0 radical (unpaired) electrons. The fraction of sp³-hybridized carbons (Fsp3) is 0.500. The molecule has 124 valence electrons. The average molecular weight is 332 g/mol. The zero-order chi connectivity index (χ0) is 16.4. The molecule has 3 rings (SSSR count). The summed E-state index contributed by atoms with van der Waals surface area (Å²) in [5.74, 6) is 1.97. The first kappa shape index (κ1) is 16.3. The Bertz CT molecular complexity index is 684. The summed E-state index contributed by atoms with van der Waals surface area (Å²) in [4.78, 5) is 8.03. The van der Waals surface area contributed by atoms with Crippen molar-refractivity contribution in [2.75, 3.05) is 20.7 Å². The van der Waals surface area contributed by atoms with Crippen LogP contribution in [0.5, 0.6) is 11.5 Å². The number of likely N-dealkylation sites (N-methyl/N-ethyl adjacent to an activating group) is 1. The minimum Gasteiger partial charge on any atom is -0.497 e. The number of nitrogens with zero attached hydrogens (tertiary/aromatic N) is 2. The minimum absolute atomic E-state index is 0.249. The number of methoxy groups -OCH3 is 1. The van der Waals surface area contributed by atoms with E-state index in [4.69, 9.17) is 9.47 Å². The van der Waals surface area contributed by atoms with Crippen LogP contribution in [0.2, 0.25) is 0 Å².